The largest absolute Gasteiger partial charge is 0.346 e. The van der Waals surface area contributed by atoms with E-state index in [0.717, 1.165) is 50.7 Å². The zero-order valence-corrected chi connectivity index (χ0v) is 19.6. The average molecular weight is 444 g/mol. The molecule has 6 heteroatoms. The number of nitrogens with zero attached hydrogens (tertiary/aromatic N) is 4. The van der Waals surface area contributed by atoms with E-state index in [2.05, 4.69) is 74.4 Å². The molecule has 1 aliphatic rings. The molecule has 3 aromatic rings. The molecular weight excluding hydrogens is 410 g/mol. The average Bonchev–Trinajstić information content (AvgIpc) is 3.13. The summed E-state index contributed by atoms with van der Waals surface area (Å²) >= 11 is 0. The van der Waals surface area contributed by atoms with Crippen LogP contribution in [0.3, 0.4) is 0 Å². The maximum atomic E-state index is 12.5. The van der Waals surface area contributed by atoms with E-state index in [4.69, 9.17) is 0 Å². The van der Waals surface area contributed by atoms with Crippen LogP contribution in [0.5, 0.6) is 0 Å². The number of carbonyl (C=O) groups is 1. The molecule has 0 radical (unpaired) electrons. The van der Waals surface area contributed by atoms with Crippen molar-refractivity contribution in [3.05, 3.63) is 89.0 Å². The third-order valence-electron chi connectivity index (χ3n) is 6.08. The van der Waals surface area contributed by atoms with Gasteiger partial charge in [0.05, 0.1) is 6.04 Å². The molecule has 1 N–H and O–H groups in total. The second-order valence-electron chi connectivity index (χ2n) is 8.83. The smallest absolute Gasteiger partial charge is 0.220 e. The van der Waals surface area contributed by atoms with Crippen LogP contribution in [-0.2, 0) is 24.2 Å². The molecular formula is C27H33N5O. The van der Waals surface area contributed by atoms with Crippen LogP contribution in [0.1, 0.15) is 49.1 Å². The van der Waals surface area contributed by atoms with E-state index in [9.17, 15) is 4.79 Å². The molecule has 1 amide bonds. The fourth-order valence-corrected chi connectivity index (χ4v) is 4.38. The lowest BCUT2D eigenvalue weighted by Gasteiger charge is -2.20. The van der Waals surface area contributed by atoms with E-state index >= 15 is 0 Å². The first-order valence-corrected chi connectivity index (χ1v) is 11.8. The summed E-state index contributed by atoms with van der Waals surface area (Å²) < 4.78 is 2.19. The lowest BCUT2D eigenvalue weighted by atomic mass is 10.1. The van der Waals surface area contributed by atoms with Crippen molar-refractivity contribution in [1.29, 1.82) is 0 Å². The SMILES string of the molecule is C/C(=C\c1ccccc1)CN1CCc2nnc(C(C)NC(=O)CCc3ccccc3)n2CC1. The molecule has 0 spiro atoms. The van der Waals surface area contributed by atoms with Crippen LogP contribution in [0.4, 0.5) is 0 Å². The van der Waals surface area contributed by atoms with Gasteiger partial charge in [0.1, 0.15) is 5.82 Å². The third kappa shape index (κ3) is 6.39. The van der Waals surface area contributed by atoms with Gasteiger partial charge in [0.2, 0.25) is 5.91 Å². The second kappa shape index (κ2) is 11.1. The number of hydrogen-bond acceptors (Lipinski definition) is 4. The zero-order valence-electron chi connectivity index (χ0n) is 19.6. The van der Waals surface area contributed by atoms with Crippen molar-refractivity contribution in [1.82, 2.24) is 25.0 Å². The summed E-state index contributed by atoms with van der Waals surface area (Å²) in [5, 5.41) is 12.0. The fraction of sp³-hybridized carbons (Fsp3) is 0.370. The Kier molecular flexibility index (Phi) is 7.68. The van der Waals surface area contributed by atoms with Gasteiger partial charge in [-0.1, -0.05) is 72.3 Å². The summed E-state index contributed by atoms with van der Waals surface area (Å²) in [6.07, 6.45) is 4.32. The molecule has 33 heavy (non-hydrogen) atoms. The van der Waals surface area contributed by atoms with E-state index in [0.29, 0.717) is 6.42 Å². The van der Waals surface area contributed by atoms with Gasteiger partial charge in [-0.25, -0.2) is 0 Å². The highest BCUT2D eigenvalue weighted by atomic mass is 16.1. The molecule has 6 nitrogen and oxygen atoms in total. The topological polar surface area (TPSA) is 63.1 Å². The Bertz CT molecular complexity index is 1070. The monoisotopic (exact) mass is 443 g/mol. The molecule has 1 atom stereocenters. The third-order valence-corrected chi connectivity index (χ3v) is 6.08. The predicted molar refractivity (Wildman–Crippen MR) is 132 cm³/mol. The number of benzene rings is 2. The summed E-state index contributed by atoms with van der Waals surface area (Å²) in [6.45, 7) is 7.85. The van der Waals surface area contributed by atoms with Crippen LogP contribution in [-0.4, -0.2) is 45.2 Å². The molecule has 1 aromatic heterocycles. The molecule has 0 saturated heterocycles. The molecule has 1 aliphatic heterocycles. The molecule has 2 heterocycles. The number of aryl methyl sites for hydroxylation is 1. The van der Waals surface area contributed by atoms with Gasteiger partial charge in [-0.2, -0.15) is 0 Å². The van der Waals surface area contributed by atoms with E-state index in [-0.39, 0.29) is 11.9 Å². The number of hydrogen-bond donors (Lipinski definition) is 1. The highest BCUT2D eigenvalue weighted by Crippen LogP contribution is 2.17. The van der Waals surface area contributed by atoms with Crippen molar-refractivity contribution in [2.45, 2.75) is 45.7 Å². The predicted octanol–water partition coefficient (Wildman–Crippen LogP) is 4.05. The Hall–Kier alpha value is -3.25. The summed E-state index contributed by atoms with van der Waals surface area (Å²) in [5.74, 6) is 1.89. The number of amides is 1. The van der Waals surface area contributed by atoms with Crippen molar-refractivity contribution in [3.8, 4) is 0 Å². The van der Waals surface area contributed by atoms with Crippen LogP contribution in [0, 0.1) is 0 Å². The Balaban J connectivity index is 1.32. The first-order valence-electron chi connectivity index (χ1n) is 11.8. The Labute approximate surface area is 196 Å². The van der Waals surface area contributed by atoms with Gasteiger partial charge < -0.3 is 9.88 Å². The van der Waals surface area contributed by atoms with Crippen molar-refractivity contribution in [2.24, 2.45) is 0 Å². The van der Waals surface area contributed by atoms with Gasteiger partial charge in [-0.3, -0.25) is 9.69 Å². The fourth-order valence-electron chi connectivity index (χ4n) is 4.38. The van der Waals surface area contributed by atoms with Crippen LogP contribution in [0.25, 0.3) is 6.08 Å². The zero-order chi connectivity index (χ0) is 23.0. The highest BCUT2D eigenvalue weighted by Gasteiger charge is 2.22. The van der Waals surface area contributed by atoms with E-state index in [1.165, 1.54) is 16.7 Å². The van der Waals surface area contributed by atoms with Crippen LogP contribution in [0.2, 0.25) is 0 Å². The van der Waals surface area contributed by atoms with E-state index in [1.54, 1.807) is 0 Å². The molecule has 172 valence electrons. The highest BCUT2D eigenvalue weighted by molar-refractivity contribution is 5.76. The van der Waals surface area contributed by atoms with Crippen LogP contribution >= 0.6 is 0 Å². The summed E-state index contributed by atoms with van der Waals surface area (Å²) in [6, 6.07) is 20.4. The normalized spacial score (nSPS) is 15.5. The molecule has 0 fully saturated rings. The van der Waals surface area contributed by atoms with Gasteiger partial charge in [0.25, 0.3) is 0 Å². The summed E-state index contributed by atoms with van der Waals surface area (Å²) in [7, 11) is 0. The number of carbonyl (C=O) groups excluding carboxylic acids is 1. The Morgan fingerprint density at radius 2 is 1.76 bits per heavy atom. The van der Waals surface area contributed by atoms with Crippen molar-refractivity contribution in [3.63, 3.8) is 0 Å². The lowest BCUT2D eigenvalue weighted by Crippen LogP contribution is -2.31. The van der Waals surface area contributed by atoms with Crippen LogP contribution < -0.4 is 5.32 Å². The van der Waals surface area contributed by atoms with Gasteiger partial charge in [-0.05, 0) is 31.4 Å². The number of nitrogens with one attached hydrogen (secondary N) is 1. The number of rotatable bonds is 8. The number of fused-ring (bicyclic) bond motifs is 1. The van der Waals surface area contributed by atoms with Crippen LogP contribution in [0.15, 0.2) is 66.2 Å². The first-order chi connectivity index (χ1) is 16.1. The Morgan fingerprint density at radius 1 is 1.03 bits per heavy atom. The minimum atomic E-state index is -0.166. The maximum absolute atomic E-state index is 12.5. The molecule has 2 aromatic carbocycles. The standard InChI is InChI=1S/C27H33N5O/c1-21(19-24-11-7-4-8-12-24)20-31-16-15-25-29-30-27(32(25)18-17-31)22(2)28-26(33)14-13-23-9-5-3-6-10-23/h3-12,19,22H,13-18,20H2,1-2H3,(H,28,33)/b21-19+. The first kappa shape index (κ1) is 22.9. The van der Waals surface area contributed by atoms with Gasteiger partial charge in [0, 0.05) is 39.0 Å². The Morgan fingerprint density at radius 3 is 2.52 bits per heavy atom. The van der Waals surface area contributed by atoms with E-state index in [1.807, 2.05) is 31.2 Å². The number of aromatic nitrogens is 3. The van der Waals surface area contributed by atoms with Gasteiger partial charge in [-0.15, -0.1) is 10.2 Å². The van der Waals surface area contributed by atoms with Gasteiger partial charge >= 0.3 is 0 Å². The summed E-state index contributed by atoms with van der Waals surface area (Å²) in [5.41, 5.74) is 3.76. The summed E-state index contributed by atoms with van der Waals surface area (Å²) in [4.78, 5) is 15.0. The molecule has 0 aliphatic carbocycles. The minimum Gasteiger partial charge on any atom is -0.346 e. The quantitative estimate of drug-likeness (QED) is 0.571. The van der Waals surface area contributed by atoms with Crippen molar-refractivity contribution < 1.29 is 4.79 Å². The van der Waals surface area contributed by atoms with Crippen molar-refractivity contribution >= 4 is 12.0 Å². The molecule has 0 bridgehead atoms. The van der Waals surface area contributed by atoms with Gasteiger partial charge in [0.15, 0.2) is 5.82 Å². The van der Waals surface area contributed by atoms with Crippen molar-refractivity contribution in [2.75, 3.05) is 19.6 Å². The lowest BCUT2D eigenvalue weighted by molar-refractivity contribution is -0.121. The second-order valence-corrected chi connectivity index (χ2v) is 8.83. The molecule has 4 rings (SSSR count). The maximum Gasteiger partial charge on any atom is 0.220 e. The molecule has 0 saturated carbocycles. The molecule has 1 unspecified atom stereocenters. The van der Waals surface area contributed by atoms with E-state index < -0.39 is 0 Å². The minimum absolute atomic E-state index is 0.0422.